The van der Waals surface area contributed by atoms with Crippen molar-refractivity contribution in [1.29, 1.82) is 0 Å². The minimum Gasteiger partial charge on any atom is -0.382 e. The number of nitrogens with zero attached hydrogens (tertiary/aromatic N) is 2. The Hall–Kier alpha value is -1.68. The molecule has 0 unspecified atom stereocenters. The van der Waals surface area contributed by atoms with Crippen LogP contribution in [0.4, 0.5) is 0 Å². The first-order chi connectivity index (χ1) is 10.2. The topological polar surface area (TPSA) is 44.1 Å². The van der Waals surface area contributed by atoms with Gasteiger partial charge in [0.2, 0.25) is 0 Å². The zero-order valence-corrected chi connectivity index (χ0v) is 12.8. The summed E-state index contributed by atoms with van der Waals surface area (Å²) in [5, 5.41) is 0.722. The van der Waals surface area contributed by atoms with E-state index in [1.54, 1.807) is 13.4 Å². The molecule has 1 saturated carbocycles. The molecular weight excluding hydrogens is 264 g/mol. The third-order valence-electron chi connectivity index (χ3n) is 4.69. The Morgan fingerprint density at radius 1 is 1.33 bits per heavy atom. The Labute approximate surface area is 124 Å². The maximum atomic E-state index is 12.9. The molecular formula is C17H22N2O2. The zero-order valence-electron chi connectivity index (χ0n) is 12.8. The van der Waals surface area contributed by atoms with E-state index in [9.17, 15) is 4.79 Å². The number of aryl methyl sites for hydroxylation is 1. The highest BCUT2D eigenvalue weighted by atomic mass is 16.5. The molecule has 0 radical (unpaired) electrons. The number of ether oxygens (including phenoxy) is 1. The fourth-order valence-electron chi connectivity index (χ4n) is 3.48. The number of benzene rings is 1. The SMILES string of the molecule is CCc1ccc2ncn(C3(COC)CCCC3)c(=O)c2c1. The number of methoxy groups -OCH3 is 1. The fourth-order valence-corrected chi connectivity index (χ4v) is 3.48. The summed E-state index contributed by atoms with van der Waals surface area (Å²) in [7, 11) is 1.70. The van der Waals surface area contributed by atoms with E-state index in [0.29, 0.717) is 6.61 Å². The highest BCUT2D eigenvalue weighted by Gasteiger charge is 2.36. The predicted octanol–water partition coefficient (Wildman–Crippen LogP) is 2.87. The molecule has 2 aromatic rings. The summed E-state index contributed by atoms with van der Waals surface area (Å²) < 4.78 is 7.23. The number of hydrogen-bond acceptors (Lipinski definition) is 3. The van der Waals surface area contributed by atoms with E-state index in [1.165, 1.54) is 5.56 Å². The second-order valence-electron chi connectivity index (χ2n) is 5.99. The molecule has 0 atom stereocenters. The second-order valence-corrected chi connectivity index (χ2v) is 5.99. The molecule has 0 bridgehead atoms. The highest BCUT2D eigenvalue weighted by Crippen LogP contribution is 2.36. The third-order valence-corrected chi connectivity index (χ3v) is 4.69. The minimum atomic E-state index is -0.213. The molecule has 1 heterocycles. The summed E-state index contributed by atoms with van der Waals surface area (Å²) in [4.78, 5) is 17.4. The van der Waals surface area contributed by atoms with Crippen LogP contribution in [0.3, 0.4) is 0 Å². The quantitative estimate of drug-likeness (QED) is 0.868. The minimum absolute atomic E-state index is 0.0641. The summed E-state index contributed by atoms with van der Waals surface area (Å²) in [5.74, 6) is 0. The van der Waals surface area contributed by atoms with Crippen LogP contribution in [0.1, 0.15) is 38.2 Å². The van der Waals surface area contributed by atoms with Crippen LogP contribution >= 0.6 is 0 Å². The average Bonchev–Trinajstić information content (AvgIpc) is 2.97. The molecule has 1 aromatic heterocycles. The Morgan fingerprint density at radius 2 is 2.10 bits per heavy atom. The summed E-state index contributed by atoms with van der Waals surface area (Å²) in [5.41, 5.74) is 1.80. The van der Waals surface area contributed by atoms with Gasteiger partial charge in [0.05, 0.1) is 29.4 Å². The van der Waals surface area contributed by atoms with Crippen molar-refractivity contribution in [2.75, 3.05) is 13.7 Å². The lowest BCUT2D eigenvalue weighted by Crippen LogP contribution is -2.42. The molecule has 21 heavy (non-hydrogen) atoms. The van der Waals surface area contributed by atoms with Gasteiger partial charge in [-0.25, -0.2) is 4.98 Å². The molecule has 3 rings (SSSR count). The van der Waals surface area contributed by atoms with Crippen LogP contribution in [-0.4, -0.2) is 23.3 Å². The normalized spacial score (nSPS) is 17.4. The average molecular weight is 286 g/mol. The van der Waals surface area contributed by atoms with E-state index >= 15 is 0 Å². The Balaban J connectivity index is 2.18. The first kappa shape index (κ1) is 14.3. The standard InChI is InChI=1S/C17H22N2O2/c1-3-13-6-7-15-14(10-13)16(20)19(12-18-15)17(11-21-2)8-4-5-9-17/h6-7,10,12H,3-5,8-9,11H2,1-2H3. The molecule has 1 aliphatic carbocycles. The van der Waals surface area contributed by atoms with E-state index in [2.05, 4.69) is 11.9 Å². The van der Waals surface area contributed by atoms with Crippen molar-refractivity contribution in [2.24, 2.45) is 0 Å². The highest BCUT2D eigenvalue weighted by molar-refractivity contribution is 5.78. The molecule has 4 heteroatoms. The van der Waals surface area contributed by atoms with Gasteiger partial charge in [0, 0.05) is 7.11 Å². The van der Waals surface area contributed by atoms with Crippen LogP contribution < -0.4 is 5.56 Å². The van der Waals surface area contributed by atoms with E-state index in [1.807, 2.05) is 22.8 Å². The molecule has 0 amide bonds. The maximum absolute atomic E-state index is 12.9. The van der Waals surface area contributed by atoms with Crippen molar-refractivity contribution in [2.45, 2.75) is 44.6 Å². The van der Waals surface area contributed by atoms with Crippen LogP contribution in [0, 0.1) is 0 Å². The maximum Gasteiger partial charge on any atom is 0.261 e. The lowest BCUT2D eigenvalue weighted by molar-refractivity contribution is 0.0868. The Kier molecular flexibility index (Phi) is 3.81. The molecule has 0 N–H and O–H groups in total. The van der Waals surface area contributed by atoms with Gasteiger partial charge < -0.3 is 4.74 Å². The Bertz CT molecular complexity index is 699. The lowest BCUT2D eigenvalue weighted by Gasteiger charge is -2.30. The Morgan fingerprint density at radius 3 is 2.76 bits per heavy atom. The van der Waals surface area contributed by atoms with Crippen molar-refractivity contribution in [1.82, 2.24) is 9.55 Å². The van der Waals surface area contributed by atoms with Crippen molar-refractivity contribution in [3.63, 3.8) is 0 Å². The van der Waals surface area contributed by atoms with Crippen LogP contribution in [0.5, 0.6) is 0 Å². The molecule has 112 valence electrons. The molecule has 0 saturated heterocycles. The molecule has 4 nitrogen and oxygen atoms in total. The molecule has 0 aliphatic heterocycles. The van der Waals surface area contributed by atoms with Crippen LogP contribution in [-0.2, 0) is 16.7 Å². The largest absolute Gasteiger partial charge is 0.382 e. The van der Waals surface area contributed by atoms with E-state index in [-0.39, 0.29) is 11.1 Å². The van der Waals surface area contributed by atoms with Crippen molar-refractivity contribution >= 4 is 10.9 Å². The van der Waals surface area contributed by atoms with Gasteiger partial charge in [-0.15, -0.1) is 0 Å². The van der Waals surface area contributed by atoms with Crippen LogP contribution in [0.25, 0.3) is 10.9 Å². The molecule has 1 fully saturated rings. The summed E-state index contributed by atoms with van der Waals surface area (Å²) >= 11 is 0. The first-order valence-electron chi connectivity index (χ1n) is 7.70. The summed E-state index contributed by atoms with van der Waals surface area (Å²) in [6.45, 7) is 2.67. The van der Waals surface area contributed by atoms with Gasteiger partial charge in [0.15, 0.2) is 0 Å². The van der Waals surface area contributed by atoms with Crippen molar-refractivity contribution in [3.8, 4) is 0 Å². The van der Waals surface area contributed by atoms with Gasteiger partial charge in [0.25, 0.3) is 5.56 Å². The van der Waals surface area contributed by atoms with Crippen LogP contribution in [0.15, 0.2) is 29.3 Å². The van der Waals surface area contributed by atoms with Crippen molar-refractivity contribution < 1.29 is 4.74 Å². The van der Waals surface area contributed by atoms with E-state index in [4.69, 9.17) is 4.74 Å². The van der Waals surface area contributed by atoms with Gasteiger partial charge in [-0.2, -0.15) is 0 Å². The number of rotatable bonds is 4. The van der Waals surface area contributed by atoms with E-state index in [0.717, 1.165) is 43.0 Å². The first-order valence-corrected chi connectivity index (χ1v) is 7.70. The molecule has 1 aliphatic rings. The van der Waals surface area contributed by atoms with Gasteiger partial charge in [-0.05, 0) is 37.0 Å². The fraction of sp³-hybridized carbons (Fsp3) is 0.529. The lowest BCUT2D eigenvalue weighted by atomic mass is 9.98. The molecule has 0 spiro atoms. The monoisotopic (exact) mass is 286 g/mol. The zero-order chi connectivity index (χ0) is 14.9. The van der Waals surface area contributed by atoms with Crippen LogP contribution in [0.2, 0.25) is 0 Å². The summed E-state index contributed by atoms with van der Waals surface area (Å²) in [6.07, 6.45) is 6.89. The second kappa shape index (κ2) is 5.60. The smallest absolute Gasteiger partial charge is 0.261 e. The van der Waals surface area contributed by atoms with E-state index < -0.39 is 0 Å². The predicted molar refractivity (Wildman–Crippen MR) is 83.7 cm³/mol. The van der Waals surface area contributed by atoms with Gasteiger partial charge in [-0.1, -0.05) is 25.8 Å². The molecule has 1 aromatic carbocycles. The third kappa shape index (κ3) is 2.38. The number of aromatic nitrogens is 2. The van der Waals surface area contributed by atoms with Gasteiger partial charge >= 0.3 is 0 Å². The van der Waals surface area contributed by atoms with Crippen molar-refractivity contribution in [3.05, 3.63) is 40.4 Å². The van der Waals surface area contributed by atoms with Gasteiger partial charge in [-0.3, -0.25) is 9.36 Å². The van der Waals surface area contributed by atoms with Gasteiger partial charge in [0.1, 0.15) is 0 Å². The number of hydrogen-bond donors (Lipinski definition) is 0. The summed E-state index contributed by atoms with van der Waals surface area (Å²) in [6, 6.07) is 5.97. The number of fused-ring (bicyclic) bond motifs is 1.